The van der Waals surface area contributed by atoms with Crippen LogP contribution in [-0.4, -0.2) is 59.4 Å². The Morgan fingerprint density at radius 3 is 2.64 bits per heavy atom. The van der Waals surface area contributed by atoms with Gasteiger partial charge >= 0.3 is 5.97 Å². The maximum absolute atomic E-state index is 12.1. The molecule has 118 valence electrons. The molecule has 1 fully saturated rings. The third-order valence-corrected chi connectivity index (χ3v) is 3.83. The summed E-state index contributed by atoms with van der Waals surface area (Å²) < 4.78 is 0. The van der Waals surface area contributed by atoms with Gasteiger partial charge in [0.15, 0.2) is 0 Å². The normalized spacial score (nSPS) is 17.6. The summed E-state index contributed by atoms with van der Waals surface area (Å²) in [5, 5.41) is 8.72. The zero-order chi connectivity index (χ0) is 16.1. The molecule has 0 bridgehead atoms. The van der Waals surface area contributed by atoms with E-state index in [1.807, 2.05) is 30.3 Å². The number of rotatable bonds is 6. The van der Waals surface area contributed by atoms with Crippen LogP contribution in [0.4, 0.5) is 0 Å². The van der Waals surface area contributed by atoms with Gasteiger partial charge in [0.05, 0.1) is 5.92 Å². The molecule has 1 aromatic rings. The Morgan fingerprint density at radius 2 is 2.00 bits per heavy atom. The third-order valence-electron chi connectivity index (χ3n) is 3.83. The average Bonchev–Trinajstić information content (AvgIpc) is 2.86. The summed E-state index contributed by atoms with van der Waals surface area (Å²) >= 11 is 0. The molecule has 1 atom stereocenters. The number of hydrogen-bond acceptors (Lipinski definition) is 3. The molecule has 0 saturated carbocycles. The third kappa shape index (κ3) is 4.07. The predicted molar refractivity (Wildman–Crippen MR) is 80.1 cm³/mol. The molecule has 0 aromatic heterocycles. The fourth-order valence-electron chi connectivity index (χ4n) is 2.65. The number of likely N-dealkylation sites (N-methyl/N-ethyl adjacent to an activating group) is 1. The van der Waals surface area contributed by atoms with Crippen molar-refractivity contribution in [3.05, 3.63) is 35.9 Å². The maximum Gasteiger partial charge on any atom is 0.323 e. The zero-order valence-corrected chi connectivity index (χ0v) is 12.6. The fourth-order valence-corrected chi connectivity index (χ4v) is 2.65. The molecule has 2 rings (SSSR count). The van der Waals surface area contributed by atoms with E-state index >= 15 is 0 Å². The number of carboxylic acid groups (broad SMARTS) is 1. The number of nitrogens with zero attached hydrogens (tertiary/aromatic N) is 2. The monoisotopic (exact) mass is 304 g/mol. The summed E-state index contributed by atoms with van der Waals surface area (Å²) in [6.07, 6.45) is 0.913. The highest BCUT2D eigenvalue weighted by atomic mass is 16.4. The Kier molecular flexibility index (Phi) is 5.14. The maximum atomic E-state index is 12.1. The second kappa shape index (κ2) is 7.06. The van der Waals surface area contributed by atoms with E-state index in [-0.39, 0.29) is 24.8 Å². The van der Waals surface area contributed by atoms with Crippen molar-refractivity contribution in [1.82, 2.24) is 9.80 Å². The molecular weight excluding hydrogens is 284 g/mol. The van der Waals surface area contributed by atoms with Crippen LogP contribution in [0.5, 0.6) is 0 Å². The summed E-state index contributed by atoms with van der Waals surface area (Å²) in [6, 6.07) is 9.85. The van der Waals surface area contributed by atoms with E-state index in [0.29, 0.717) is 13.1 Å². The van der Waals surface area contributed by atoms with Gasteiger partial charge in [0.1, 0.15) is 6.54 Å². The van der Waals surface area contributed by atoms with E-state index in [4.69, 9.17) is 5.11 Å². The molecule has 1 aliphatic rings. The Balaban J connectivity index is 1.87. The molecule has 22 heavy (non-hydrogen) atoms. The van der Waals surface area contributed by atoms with Crippen molar-refractivity contribution in [2.24, 2.45) is 5.92 Å². The molecule has 0 aliphatic carbocycles. The van der Waals surface area contributed by atoms with Crippen molar-refractivity contribution in [2.45, 2.75) is 12.8 Å². The molecule has 6 heteroatoms. The lowest BCUT2D eigenvalue weighted by molar-refractivity contribution is -0.145. The van der Waals surface area contributed by atoms with Crippen LogP contribution >= 0.6 is 0 Å². The Bertz CT molecular complexity index is 559. The van der Waals surface area contributed by atoms with E-state index in [0.717, 1.165) is 12.0 Å². The molecule has 1 aromatic carbocycles. The first-order valence-electron chi connectivity index (χ1n) is 7.26. The van der Waals surface area contributed by atoms with Gasteiger partial charge in [0.2, 0.25) is 11.8 Å². The number of carbonyl (C=O) groups excluding carboxylic acids is 2. The second-order valence-electron chi connectivity index (χ2n) is 5.56. The highest BCUT2D eigenvalue weighted by Gasteiger charge is 2.35. The second-order valence-corrected chi connectivity index (χ2v) is 5.56. The fraction of sp³-hybridized carbons (Fsp3) is 0.438. The van der Waals surface area contributed by atoms with Gasteiger partial charge in [-0.25, -0.2) is 0 Å². The standard InChI is InChI=1S/C16H20N2O4/c1-17(11-15(20)21)16(22)13-9-14(19)18(10-13)8-7-12-5-3-2-4-6-12/h2-6,13H,7-11H2,1H3,(H,20,21). The number of carbonyl (C=O) groups is 3. The topological polar surface area (TPSA) is 77.9 Å². The largest absolute Gasteiger partial charge is 0.480 e. The minimum absolute atomic E-state index is 0.0435. The van der Waals surface area contributed by atoms with Gasteiger partial charge < -0.3 is 14.9 Å². The van der Waals surface area contributed by atoms with Gasteiger partial charge in [0.25, 0.3) is 0 Å². The molecule has 0 spiro atoms. The first-order chi connectivity index (χ1) is 10.5. The molecule has 2 amide bonds. The first kappa shape index (κ1) is 16.0. The van der Waals surface area contributed by atoms with E-state index in [1.54, 1.807) is 4.90 Å². The Morgan fingerprint density at radius 1 is 1.32 bits per heavy atom. The van der Waals surface area contributed by atoms with Crippen molar-refractivity contribution < 1.29 is 19.5 Å². The van der Waals surface area contributed by atoms with Gasteiger partial charge in [0, 0.05) is 26.6 Å². The van der Waals surface area contributed by atoms with Gasteiger partial charge in [-0.05, 0) is 12.0 Å². The predicted octanol–water partition coefficient (Wildman–Crippen LogP) is 0.621. The van der Waals surface area contributed by atoms with Gasteiger partial charge in [-0.1, -0.05) is 30.3 Å². The molecule has 1 saturated heterocycles. The number of aliphatic carboxylic acids is 1. The molecule has 1 N–H and O–H groups in total. The molecule has 6 nitrogen and oxygen atoms in total. The van der Waals surface area contributed by atoms with Gasteiger partial charge in [-0.3, -0.25) is 14.4 Å². The Hall–Kier alpha value is -2.37. The highest BCUT2D eigenvalue weighted by molar-refractivity contribution is 5.90. The number of carboxylic acids is 1. The Labute approximate surface area is 129 Å². The van der Waals surface area contributed by atoms with Crippen LogP contribution in [0.25, 0.3) is 0 Å². The lowest BCUT2D eigenvalue weighted by atomic mass is 10.1. The van der Waals surface area contributed by atoms with Gasteiger partial charge in [-0.2, -0.15) is 0 Å². The lowest BCUT2D eigenvalue weighted by Crippen LogP contribution is -2.38. The highest BCUT2D eigenvalue weighted by Crippen LogP contribution is 2.20. The number of benzene rings is 1. The van der Waals surface area contributed by atoms with E-state index < -0.39 is 11.9 Å². The molecule has 1 unspecified atom stereocenters. The van der Waals surface area contributed by atoms with Gasteiger partial charge in [-0.15, -0.1) is 0 Å². The zero-order valence-electron chi connectivity index (χ0n) is 12.6. The quantitative estimate of drug-likeness (QED) is 0.836. The summed E-state index contributed by atoms with van der Waals surface area (Å²) in [7, 11) is 1.45. The molecule has 0 radical (unpaired) electrons. The van der Waals surface area contributed by atoms with Crippen molar-refractivity contribution in [3.63, 3.8) is 0 Å². The van der Waals surface area contributed by atoms with Crippen LogP contribution in [0.1, 0.15) is 12.0 Å². The lowest BCUT2D eigenvalue weighted by Gasteiger charge is -2.20. The van der Waals surface area contributed by atoms with Crippen LogP contribution in [-0.2, 0) is 20.8 Å². The smallest absolute Gasteiger partial charge is 0.323 e. The van der Waals surface area contributed by atoms with Crippen molar-refractivity contribution >= 4 is 17.8 Å². The van der Waals surface area contributed by atoms with Crippen molar-refractivity contribution in [1.29, 1.82) is 0 Å². The minimum Gasteiger partial charge on any atom is -0.480 e. The number of likely N-dealkylation sites (tertiary alicyclic amines) is 1. The summed E-state index contributed by atoms with van der Waals surface area (Å²) in [6.45, 7) is 0.608. The van der Waals surface area contributed by atoms with Crippen LogP contribution in [0.3, 0.4) is 0 Å². The molecular formula is C16H20N2O4. The van der Waals surface area contributed by atoms with Crippen LogP contribution in [0, 0.1) is 5.92 Å². The van der Waals surface area contributed by atoms with Crippen molar-refractivity contribution in [2.75, 3.05) is 26.7 Å². The minimum atomic E-state index is -1.05. The summed E-state index contributed by atoms with van der Waals surface area (Å²) in [5.74, 6) is -1.82. The SMILES string of the molecule is CN(CC(=O)O)C(=O)C1CC(=O)N(CCc2ccccc2)C1. The summed E-state index contributed by atoms with van der Waals surface area (Å²) in [5.41, 5.74) is 1.15. The number of amides is 2. The van der Waals surface area contributed by atoms with Crippen LogP contribution in [0.15, 0.2) is 30.3 Å². The van der Waals surface area contributed by atoms with E-state index in [2.05, 4.69) is 0 Å². The molecule has 1 aliphatic heterocycles. The first-order valence-corrected chi connectivity index (χ1v) is 7.26. The average molecular weight is 304 g/mol. The van der Waals surface area contributed by atoms with Crippen molar-refractivity contribution in [3.8, 4) is 0 Å². The van der Waals surface area contributed by atoms with E-state index in [1.165, 1.54) is 11.9 Å². The van der Waals surface area contributed by atoms with Crippen LogP contribution < -0.4 is 0 Å². The molecule has 1 heterocycles. The number of hydrogen-bond donors (Lipinski definition) is 1. The van der Waals surface area contributed by atoms with E-state index in [9.17, 15) is 14.4 Å². The summed E-state index contributed by atoms with van der Waals surface area (Å²) in [4.78, 5) is 37.6. The van der Waals surface area contributed by atoms with Crippen LogP contribution in [0.2, 0.25) is 0 Å².